The van der Waals surface area contributed by atoms with Crippen molar-refractivity contribution in [1.29, 1.82) is 0 Å². The summed E-state index contributed by atoms with van der Waals surface area (Å²) < 4.78 is 11.5. The Labute approximate surface area is 169 Å². The fraction of sp³-hybridized carbons (Fsp3) is 0.778. The third-order valence-corrected chi connectivity index (χ3v) is 5.58. The van der Waals surface area contributed by atoms with Crippen molar-refractivity contribution in [3.05, 3.63) is 5.01 Å². The fourth-order valence-corrected chi connectivity index (χ4v) is 4.15. The van der Waals surface area contributed by atoms with Gasteiger partial charge < -0.3 is 14.8 Å². The molecule has 2 heterocycles. The molecular weight excluding hydrogens is 382 g/mol. The van der Waals surface area contributed by atoms with Crippen LogP contribution in [0.5, 0.6) is 0 Å². The van der Waals surface area contributed by atoms with Gasteiger partial charge >= 0.3 is 12.1 Å². The predicted molar refractivity (Wildman–Crippen MR) is 105 cm³/mol. The monoisotopic (exact) mass is 411 g/mol. The Bertz CT molecular complexity index is 741. The van der Waals surface area contributed by atoms with E-state index >= 15 is 0 Å². The zero-order chi connectivity index (χ0) is 20.7. The van der Waals surface area contributed by atoms with Gasteiger partial charge in [-0.2, -0.15) is 0 Å². The van der Waals surface area contributed by atoms with Gasteiger partial charge in [-0.1, -0.05) is 11.3 Å². The Morgan fingerprint density at radius 3 is 2.61 bits per heavy atom. The molecule has 0 aromatic carbocycles. The normalized spacial score (nSPS) is 24.1. The standard InChI is InChI=1S/C18H29N5O4S/c1-10-12(23(18(5,6)26-10)16(25)27-17(2,3)4)9-19-14(24)20-15-22-21-13(28-15)11-7-8-11/h10-12H,7-9H2,1-6H3,(H2,19,20,22,24)/t10-,12-/m0/s1. The summed E-state index contributed by atoms with van der Waals surface area (Å²) in [5.74, 6) is 0.497. The van der Waals surface area contributed by atoms with E-state index in [1.807, 2.05) is 41.5 Å². The van der Waals surface area contributed by atoms with Gasteiger partial charge in [-0.05, 0) is 54.4 Å². The van der Waals surface area contributed by atoms with Crippen molar-refractivity contribution < 1.29 is 19.1 Å². The number of hydrogen-bond donors (Lipinski definition) is 2. The SMILES string of the molecule is C[C@@H]1OC(C)(C)N(C(=O)OC(C)(C)C)[C@H]1CNC(=O)Nc1nnc(C2CC2)s1. The van der Waals surface area contributed by atoms with E-state index in [1.54, 1.807) is 4.90 Å². The number of nitrogens with one attached hydrogen (secondary N) is 2. The highest BCUT2D eigenvalue weighted by Crippen LogP contribution is 2.42. The molecule has 2 N–H and O–H groups in total. The van der Waals surface area contributed by atoms with Gasteiger partial charge in [-0.15, -0.1) is 10.2 Å². The third kappa shape index (κ3) is 4.91. The maximum Gasteiger partial charge on any atom is 0.412 e. The van der Waals surface area contributed by atoms with Gasteiger partial charge in [0.25, 0.3) is 0 Å². The number of amides is 3. The van der Waals surface area contributed by atoms with Crippen LogP contribution in [-0.2, 0) is 9.47 Å². The molecule has 9 nitrogen and oxygen atoms in total. The summed E-state index contributed by atoms with van der Waals surface area (Å²) in [5, 5.41) is 15.1. The van der Waals surface area contributed by atoms with Crippen LogP contribution in [0, 0.1) is 0 Å². The summed E-state index contributed by atoms with van der Waals surface area (Å²) in [6.45, 7) is 11.2. The molecule has 3 rings (SSSR count). The summed E-state index contributed by atoms with van der Waals surface area (Å²) >= 11 is 1.40. The van der Waals surface area contributed by atoms with Crippen molar-refractivity contribution in [3.8, 4) is 0 Å². The van der Waals surface area contributed by atoms with Crippen molar-refractivity contribution in [2.45, 2.75) is 83.8 Å². The van der Waals surface area contributed by atoms with E-state index in [4.69, 9.17) is 9.47 Å². The molecule has 1 saturated carbocycles. The van der Waals surface area contributed by atoms with Crippen LogP contribution in [-0.4, -0.2) is 57.2 Å². The lowest BCUT2D eigenvalue weighted by atomic mass is 10.1. The van der Waals surface area contributed by atoms with E-state index in [0.717, 1.165) is 17.8 Å². The van der Waals surface area contributed by atoms with Crippen LogP contribution in [0.4, 0.5) is 14.7 Å². The van der Waals surface area contributed by atoms with Gasteiger partial charge in [0.05, 0.1) is 12.1 Å². The van der Waals surface area contributed by atoms with Crippen LogP contribution in [0.15, 0.2) is 0 Å². The number of ether oxygens (including phenoxy) is 2. The number of nitrogens with zero attached hydrogens (tertiary/aromatic N) is 3. The minimum absolute atomic E-state index is 0.226. The van der Waals surface area contributed by atoms with Gasteiger partial charge in [0.1, 0.15) is 16.3 Å². The van der Waals surface area contributed by atoms with Crippen LogP contribution in [0.3, 0.4) is 0 Å². The highest BCUT2D eigenvalue weighted by atomic mass is 32.1. The van der Waals surface area contributed by atoms with Crippen LogP contribution in [0.2, 0.25) is 0 Å². The molecule has 156 valence electrons. The summed E-state index contributed by atoms with van der Waals surface area (Å²) in [6.07, 6.45) is 1.55. The number of carbonyl (C=O) groups excluding carboxylic acids is 2. The molecule has 2 atom stereocenters. The molecule has 1 aromatic heterocycles. The van der Waals surface area contributed by atoms with Crippen LogP contribution in [0.1, 0.15) is 65.3 Å². The molecule has 2 aliphatic rings. The summed E-state index contributed by atoms with van der Waals surface area (Å²) in [5.41, 5.74) is -1.45. The quantitative estimate of drug-likeness (QED) is 0.787. The second-order valence-corrected chi connectivity index (χ2v) is 9.75. The highest BCUT2D eigenvalue weighted by Gasteiger charge is 2.49. The molecule has 28 heavy (non-hydrogen) atoms. The molecule has 1 aromatic rings. The molecule has 0 unspecified atom stereocenters. The van der Waals surface area contributed by atoms with Crippen LogP contribution >= 0.6 is 11.3 Å². The molecule has 0 radical (unpaired) electrons. The third-order valence-electron chi connectivity index (χ3n) is 4.58. The molecule has 1 aliphatic carbocycles. The van der Waals surface area contributed by atoms with Crippen molar-refractivity contribution in [2.75, 3.05) is 11.9 Å². The molecule has 1 aliphatic heterocycles. The Hall–Kier alpha value is -1.94. The van der Waals surface area contributed by atoms with Gasteiger partial charge in [0.2, 0.25) is 5.13 Å². The molecule has 1 saturated heterocycles. The first-order valence-electron chi connectivity index (χ1n) is 9.54. The first-order chi connectivity index (χ1) is 13.0. The molecular formula is C18H29N5O4S. The van der Waals surface area contributed by atoms with E-state index in [9.17, 15) is 9.59 Å². The molecule has 0 spiro atoms. The van der Waals surface area contributed by atoms with E-state index in [1.165, 1.54) is 11.3 Å². The topological polar surface area (TPSA) is 106 Å². The van der Waals surface area contributed by atoms with Gasteiger partial charge in [-0.3, -0.25) is 10.2 Å². The summed E-state index contributed by atoms with van der Waals surface area (Å²) in [7, 11) is 0. The molecule has 10 heteroatoms. The van der Waals surface area contributed by atoms with Crippen LogP contribution < -0.4 is 10.6 Å². The van der Waals surface area contributed by atoms with Gasteiger partial charge in [-0.25, -0.2) is 9.59 Å². The Kier molecular flexibility index (Phi) is 5.55. The molecule has 0 bridgehead atoms. The lowest BCUT2D eigenvalue weighted by Crippen LogP contribution is -2.53. The van der Waals surface area contributed by atoms with E-state index in [2.05, 4.69) is 20.8 Å². The highest BCUT2D eigenvalue weighted by molar-refractivity contribution is 7.15. The largest absolute Gasteiger partial charge is 0.444 e. The maximum atomic E-state index is 12.7. The number of hydrogen-bond acceptors (Lipinski definition) is 7. The zero-order valence-electron chi connectivity index (χ0n) is 17.2. The maximum absolute atomic E-state index is 12.7. The fourth-order valence-electron chi connectivity index (χ4n) is 3.24. The minimum Gasteiger partial charge on any atom is -0.444 e. The second-order valence-electron chi connectivity index (χ2n) is 8.74. The van der Waals surface area contributed by atoms with Crippen molar-refractivity contribution in [1.82, 2.24) is 20.4 Å². The second kappa shape index (κ2) is 7.47. The number of rotatable bonds is 4. The minimum atomic E-state index is -0.830. The number of carbonyl (C=O) groups is 2. The Morgan fingerprint density at radius 2 is 2.00 bits per heavy atom. The number of urea groups is 1. The zero-order valence-corrected chi connectivity index (χ0v) is 18.1. The van der Waals surface area contributed by atoms with Crippen LogP contribution in [0.25, 0.3) is 0 Å². The van der Waals surface area contributed by atoms with E-state index in [0.29, 0.717) is 11.0 Å². The molecule has 3 amide bonds. The van der Waals surface area contributed by atoms with E-state index < -0.39 is 17.4 Å². The lowest BCUT2D eigenvalue weighted by molar-refractivity contribution is -0.0756. The predicted octanol–water partition coefficient (Wildman–Crippen LogP) is 3.30. The first-order valence-corrected chi connectivity index (χ1v) is 10.4. The van der Waals surface area contributed by atoms with Crippen molar-refractivity contribution >= 4 is 28.6 Å². The smallest absolute Gasteiger partial charge is 0.412 e. The Morgan fingerprint density at radius 1 is 1.32 bits per heavy atom. The number of aromatic nitrogens is 2. The number of anilines is 1. The van der Waals surface area contributed by atoms with Crippen molar-refractivity contribution in [3.63, 3.8) is 0 Å². The first kappa shape index (κ1) is 20.8. The molecule has 2 fully saturated rings. The summed E-state index contributed by atoms with van der Waals surface area (Å²) in [4.78, 5) is 26.6. The van der Waals surface area contributed by atoms with E-state index in [-0.39, 0.29) is 24.7 Å². The van der Waals surface area contributed by atoms with Crippen molar-refractivity contribution in [2.24, 2.45) is 0 Å². The lowest BCUT2D eigenvalue weighted by Gasteiger charge is -2.35. The average molecular weight is 412 g/mol. The Balaban J connectivity index is 1.59. The average Bonchev–Trinajstić information content (AvgIpc) is 3.23. The summed E-state index contributed by atoms with van der Waals surface area (Å²) in [6, 6.07) is -0.744. The van der Waals surface area contributed by atoms with Gasteiger partial charge in [0, 0.05) is 12.5 Å². The van der Waals surface area contributed by atoms with Gasteiger partial charge in [0.15, 0.2) is 0 Å².